The Morgan fingerprint density at radius 1 is 1.40 bits per heavy atom. The van der Waals surface area contributed by atoms with E-state index >= 15 is 0 Å². The third-order valence-corrected chi connectivity index (χ3v) is 4.57. The van der Waals surface area contributed by atoms with E-state index < -0.39 is 0 Å². The van der Waals surface area contributed by atoms with E-state index in [1.54, 1.807) is 29.6 Å². The summed E-state index contributed by atoms with van der Waals surface area (Å²) in [6.45, 7) is 0. The number of halogens is 2. The van der Waals surface area contributed by atoms with Gasteiger partial charge in [0, 0.05) is 10.9 Å². The van der Waals surface area contributed by atoms with Gasteiger partial charge in [0.25, 0.3) is 5.91 Å². The molecule has 5 nitrogen and oxygen atoms in total. The molecule has 1 aromatic carbocycles. The van der Waals surface area contributed by atoms with Gasteiger partial charge in [0.1, 0.15) is 0 Å². The summed E-state index contributed by atoms with van der Waals surface area (Å²) in [5.74, 6) is -0.315. The fourth-order valence-corrected chi connectivity index (χ4v) is 2.95. The fraction of sp³-hybridized carbons (Fsp3) is 0. The highest BCUT2D eigenvalue weighted by Gasteiger charge is 2.11. The molecular weight excluding hydrogens is 413 g/mol. The zero-order chi connectivity index (χ0) is 14.7. The molecule has 0 radical (unpaired) electrons. The first-order valence-electron chi connectivity index (χ1n) is 5.34. The van der Waals surface area contributed by atoms with Crippen LogP contribution in [0.3, 0.4) is 0 Å². The molecule has 104 valence electrons. The number of nitrogens with zero attached hydrogens (tertiary/aromatic N) is 1. The van der Waals surface area contributed by atoms with Crippen molar-refractivity contribution in [3.8, 4) is 0 Å². The quantitative estimate of drug-likeness (QED) is 0.233. The highest BCUT2D eigenvalue weighted by Crippen LogP contribution is 2.24. The maximum atomic E-state index is 12.1. The number of nitrogens with one attached hydrogen (secondary N) is 1. The molecule has 1 heterocycles. The topological polar surface area (TPSA) is 87.7 Å². The third-order valence-electron chi connectivity index (χ3n) is 2.45. The van der Waals surface area contributed by atoms with Crippen LogP contribution in [-0.4, -0.2) is 17.0 Å². The van der Waals surface area contributed by atoms with Gasteiger partial charge in [-0.1, -0.05) is 16.8 Å². The number of carbonyl (C=O) groups excluding carboxylic acids is 1. The lowest BCUT2D eigenvalue weighted by Crippen LogP contribution is -2.15. The van der Waals surface area contributed by atoms with Crippen LogP contribution in [-0.2, 0) is 0 Å². The second-order valence-electron chi connectivity index (χ2n) is 3.77. The Morgan fingerprint density at radius 3 is 2.75 bits per heavy atom. The molecule has 0 saturated carbocycles. The van der Waals surface area contributed by atoms with E-state index in [2.05, 4.69) is 33.1 Å². The van der Waals surface area contributed by atoms with Gasteiger partial charge in [0.2, 0.25) is 0 Å². The van der Waals surface area contributed by atoms with Gasteiger partial charge in [-0.3, -0.25) is 4.79 Å². The fourth-order valence-electron chi connectivity index (χ4n) is 1.46. The molecular formula is C12H9ClIN3O2S. The van der Waals surface area contributed by atoms with Gasteiger partial charge in [-0.2, -0.15) is 0 Å². The van der Waals surface area contributed by atoms with Gasteiger partial charge in [0.15, 0.2) is 5.84 Å². The van der Waals surface area contributed by atoms with Gasteiger partial charge in [-0.15, -0.1) is 11.3 Å². The Bertz CT molecular complexity index is 687. The number of thiophene rings is 1. The number of amidine groups is 1. The first-order chi connectivity index (χ1) is 9.51. The second-order valence-corrected chi connectivity index (χ2v) is 6.99. The number of nitrogens with two attached hydrogens (primary N) is 1. The Morgan fingerprint density at radius 2 is 2.15 bits per heavy atom. The van der Waals surface area contributed by atoms with Crippen LogP contribution < -0.4 is 11.1 Å². The molecule has 2 aromatic rings. The lowest BCUT2D eigenvalue weighted by Gasteiger charge is -2.08. The number of amides is 1. The van der Waals surface area contributed by atoms with Gasteiger partial charge in [-0.05, 0) is 46.9 Å². The average molecular weight is 422 g/mol. The lowest BCUT2D eigenvalue weighted by atomic mass is 10.2. The molecule has 8 heteroatoms. The van der Waals surface area contributed by atoms with Crippen LogP contribution in [0.15, 0.2) is 34.8 Å². The van der Waals surface area contributed by atoms with Crippen LogP contribution in [0.4, 0.5) is 5.69 Å². The van der Waals surface area contributed by atoms with Crippen LogP contribution in [0.25, 0.3) is 0 Å². The van der Waals surface area contributed by atoms with E-state index in [0.29, 0.717) is 21.8 Å². The van der Waals surface area contributed by atoms with Crippen molar-refractivity contribution in [1.82, 2.24) is 0 Å². The molecule has 0 saturated heterocycles. The van der Waals surface area contributed by atoms with E-state index in [1.165, 1.54) is 11.3 Å². The summed E-state index contributed by atoms with van der Waals surface area (Å²) in [5.41, 5.74) is 6.93. The summed E-state index contributed by atoms with van der Waals surface area (Å²) < 4.78 is 1.02. The Hall–Kier alpha value is -1.32. The predicted molar refractivity (Wildman–Crippen MR) is 89.0 cm³/mol. The minimum atomic E-state index is -0.261. The zero-order valence-corrected chi connectivity index (χ0v) is 13.7. The summed E-state index contributed by atoms with van der Waals surface area (Å²) in [7, 11) is 0. The van der Waals surface area contributed by atoms with Gasteiger partial charge in [0.05, 0.1) is 19.2 Å². The molecule has 0 aliphatic rings. The van der Waals surface area contributed by atoms with Crippen LogP contribution in [0, 0.1) is 2.88 Å². The van der Waals surface area contributed by atoms with E-state index in [0.717, 1.165) is 2.88 Å². The summed E-state index contributed by atoms with van der Waals surface area (Å²) in [6, 6.07) is 6.50. The highest BCUT2D eigenvalue weighted by atomic mass is 127. The monoisotopic (exact) mass is 421 g/mol. The maximum Gasteiger partial charge on any atom is 0.256 e. The molecule has 0 fully saturated rings. The number of benzene rings is 1. The number of anilines is 1. The zero-order valence-electron chi connectivity index (χ0n) is 9.93. The van der Waals surface area contributed by atoms with Gasteiger partial charge in [-0.25, -0.2) is 0 Å². The summed E-state index contributed by atoms with van der Waals surface area (Å²) in [5, 5.41) is 16.4. The molecule has 4 N–H and O–H groups in total. The molecule has 0 unspecified atom stereocenters. The molecule has 0 aliphatic carbocycles. The second kappa shape index (κ2) is 6.42. The largest absolute Gasteiger partial charge is 0.409 e. The van der Waals surface area contributed by atoms with Gasteiger partial charge < -0.3 is 16.3 Å². The minimum Gasteiger partial charge on any atom is -0.409 e. The molecule has 0 spiro atoms. The van der Waals surface area contributed by atoms with Crippen LogP contribution in [0.1, 0.15) is 15.9 Å². The number of hydrogen-bond donors (Lipinski definition) is 3. The molecule has 1 amide bonds. The average Bonchev–Trinajstić information content (AvgIpc) is 2.87. The molecule has 0 bridgehead atoms. The van der Waals surface area contributed by atoms with Crippen LogP contribution in [0.2, 0.25) is 5.02 Å². The molecule has 1 aromatic heterocycles. The lowest BCUT2D eigenvalue weighted by molar-refractivity contribution is 0.102. The first-order valence-corrected chi connectivity index (χ1v) is 7.67. The number of oxime groups is 1. The van der Waals surface area contributed by atoms with E-state index in [1.807, 2.05) is 0 Å². The van der Waals surface area contributed by atoms with Crippen LogP contribution >= 0.6 is 45.5 Å². The minimum absolute atomic E-state index is 0.0535. The SMILES string of the molecule is N/C(=N/O)c1ccc(Cl)c(NC(=O)c2csc(I)c2)c1. The van der Waals surface area contributed by atoms with Crippen LogP contribution in [0.5, 0.6) is 0 Å². The Labute approximate surface area is 137 Å². The summed E-state index contributed by atoms with van der Waals surface area (Å²) in [6.07, 6.45) is 0. The van der Waals surface area contributed by atoms with Crippen molar-refractivity contribution in [2.24, 2.45) is 10.9 Å². The summed E-state index contributed by atoms with van der Waals surface area (Å²) >= 11 is 9.65. The highest BCUT2D eigenvalue weighted by molar-refractivity contribution is 14.1. The van der Waals surface area contributed by atoms with E-state index in [4.69, 9.17) is 22.5 Å². The van der Waals surface area contributed by atoms with Crippen molar-refractivity contribution in [3.05, 3.63) is 48.7 Å². The van der Waals surface area contributed by atoms with Crippen molar-refractivity contribution in [1.29, 1.82) is 0 Å². The van der Waals surface area contributed by atoms with Crippen molar-refractivity contribution in [2.45, 2.75) is 0 Å². The van der Waals surface area contributed by atoms with Gasteiger partial charge >= 0.3 is 0 Å². The molecule has 2 rings (SSSR count). The van der Waals surface area contributed by atoms with E-state index in [-0.39, 0.29) is 11.7 Å². The molecule has 0 atom stereocenters. The van der Waals surface area contributed by atoms with Crippen molar-refractivity contribution >= 4 is 63.0 Å². The Kier molecular flexibility index (Phi) is 4.84. The van der Waals surface area contributed by atoms with Crippen molar-refractivity contribution < 1.29 is 10.0 Å². The molecule has 0 aliphatic heterocycles. The predicted octanol–water partition coefficient (Wildman–Crippen LogP) is 3.35. The van der Waals surface area contributed by atoms with Crippen molar-refractivity contribution in [2.75, 3.05) is 5.32 Å². The Balaban J connectivity index is 2.26. The normalized spacial score (nSPS) is 11.4. The number of carbonyl (C=O) groups is 1. The third kappa shape index (κ3) is 3.41. The first kappa shape index (κ1) is 15.1. The summed E-state index contributed by atoms with van der Waals surface area (Å²) in [4.78, 5) is 12.1. The standard InChI is InChI=1S/C12H9ClIN3O2S/c13-8-2-1-6(11(15)17-19)3-9(8)16-12(18)7-4-10(14)20-5-7/h1-5,19H,(H2,15,17)(H,16,18). The molecule has 20 heavy (non-hydrogen) atoms. The maximum absolute atomic E-state index is 12.1. The van der Waals surface area contributed by atoms with Crippen molar-refractivity contribution in [3.63, 3.8) is 0 Å². The van der Waals surface area contributed by atoms with E-state index in [9.17, 15) is 4.79 Å². The number of hydrogen-bond acceptors (Lipinski definition) is 4. The smallest absolute Gasteiger partial charge is 0.256 e. The number of rotatable bonds is 3.